The van der Waals surface area contributed by atoms with E-state index in [4.69, 9.17) is 10.2 Å². The molecule has 1 saturated carbocycles. The average molecular weight is 214 g/mol. The summed E-state index contributed by atoms with van der Waals surface area (Å²) in [5, 5.41) is 17.9. The van der Waals surface area contributed by atoms with Crippen LogP contribution in [-0.2, 0) is 14.4 Å². The minimum Gasteiger partial charge on any atom is -0.480 e. The van der Waals surface area contributed by atoms with E-state index in [1.54, 1.807) is 0 Å². The van der Waals surface area contributed by atoms with Gasteiger partial charge in [0.1, 0.15) is 5.78 Å². The Morgan fingerprint density at radius 3 is 2.27 bits per heavy atom. The van der Waals surface area contributed by atoms with E-state index in [2.05, 4.69) is 0 Å². The van der Waals surface area contributed by atoms with Gasteiger partial charge in [-0.1, -0.05) is 0 Å². The van der Waals surface area contributed by atoms with E-state index in [0.29, 0.717) is 19.3 Å². The fraction of sp³-hybridized carbons (Fsp3) is 0.700. The summed E-state index contributed by atoms with van der Waals surface area (Å²) in [5.41, 5.74) is -1.84. The second-order valence-corrected chi connectivity index (χ2v) is 4.14. The second-order valence-electron chi connectivity index (χ2n) is 4.14. The summed E-state index contributed by atoms with van der Waals surface area (Å²) >= 11 is 0. The molecule has 0 radical (unpaired) electrons. The van der Waals surface area contributed by atoms with Gasteiger partial charge in [0.2, 0.25) is 0 Å². The Hall–Kier alpha value is -1.39. The Morgan fingerprint density at radius 1 is 1.33 bits per heavy atom. The van der Waals surface area contributed by atoms with Crippen molar-refractivity contribution in [3.8, 4) is 0 Å². The highest BCUT2D eigenvalue weighted by Crippen LogP contribution is 2.37. The van der Waals surface area contributed by atoms with Crippen LogP contribution >= 0.6 is 0 Å². The smallest absolute Gasteiger partial charge is 0.321 e. The molecule has 0 aromatic heterocycles. The van der Waals surface area contributed by atoms with Crippen LogP contribution in [0.4, 0.5) is 0 Å². The molecular weight excluding hydrogens is 200 g/mol. The first-order valence-corrected chi connectivity index (χ1v) is 4.87. The van der Waals surface area contributed by atoms with E-state index in [1.807, 2.05) is 0 Å². The van der Waals surface area contributed by atoms with Crippen LogP contribution in [0.2, 0.25) is 0 Å². The lowest BCUT2D eigenvalue weighted by Gasteiger charge is -2.32. The van der Waals surface area contributed by atoms with Crippen molar-refractivity contribution in [2.75, 3.05) is 0 Å². The Morgan fingerprint density at radius 2 is 1.87 bits per heavy atom. The molecule has 15 heavy (non-hydrogen) atoms. The highest BCUT2D eigenvalue weighted by atomic mass is 16.4. The molecule has 1 fully saturated rings. The Bertz CT molecular complexity index is 293. The minimum absolute atomic E-state index is 0.0417. The third kappa shape index (κ3) is 2.00. The molecule has 1 atom stereocenters. The number of carbonyl (C=O) groups is 3. The van der Waals surface area contributed by atoms with E-state index in [1.165, 1.54) is 6.92 Å². The molecule has 1 rings (SSSR count). The first-order chi connectivity index (χ1) is 6.89. The van der Waals surface area contributed by atoms with E-state index in [9.17, 15) is 14.4 Å². The van der Waals surface area contributed by atoms with E-state index < -0.39 is 23.3 Å². The van der Waals surface area contributed by atoms with Crippen LogP contribution in [-0.4, -0.2) is 27.9 Å². The van der Waals surface area contributed by atoms with Crippen molar-refractivity contribution in [3.63, 3.8) is 0 Å². The fourth-order valence-corrected chi connectivity index (χ4v) is 1.96. The van der Waals surface area contributed by atoms with Crippen molar-refractivity contribution < 1.29 is 24.6 Å². The first kappa shape index (κ1) is 11.7. The van der Waals surface area contributed by atoms with Crippen LogP contribution in [0.5, 0.6) is 0 Å². The highest BCUT2D eigenvalue weighted by Gasteiger charge is 2.49. The molecule has 0 spiro atoms. The number of carboxylic acids is 2. The zero-order valence-corrected chi connectivity index (χ0v) is 8.52. The van der Waals surface area contributed by atoms with Crippen LogP contribution in [0.25, 0.3) is 0 Å². The number of carbonyl (C=O) groups excluding carboxylic acids is 1. The molecule has 1 aliphatic carbocycles. The number of rotatable bonds is 3. The number of carboxylic acid groups (broad SMARTS) is 2. The van der Waals surface area contributed by atoms with Gasteiger partial charge in [0.25, 0.3) is 0 Å². The molecule has 0 aliphatic heterocycles. The second kappa shape index (κ2) is 4.00. The molecule has 2 N–H and O–H groups in total. The zero-order chi connectivity index (χ0) is 11.6. The Balaban J connectivity index is 2.94. The van der Waals surface area contributed by atoms with Crippen molar-refractivity contribution in [1.29, 1.82) is 0 Å². The van der Waals surface area contributed by atoms with Gasteiger partial charge in [0.15, 0.2) is 5.41 Å². The maximum atomic E-state index is 11.2. The monoisotopic (exact) mass is 214 g/mol. The van der Waals surface area contributed by atoms with Crippen molar-refractivity contribution in [2.24, 2.45) is 11.3 Å². The lowest BCUT2D eigenvalue weighted by Crippen LogP contribution is -2.45. The summed E-state index contributed by atoms with van der Waals surface area (Å²) in [6, 6.07) is 0. The lowest BCUT2D eigenvalue weighted by atomic mass is 9.69. The molecule has 0 aromatic rings. The van der Waals surface area contributed by atoms with Gasteiger partial charge >= 0.3 is 11.9 Å². The Kier molecular flexibility index (Phi) is 3.12. The molecule has 0 amide bonds. The van der Waals surface area contributed by atoms with Crippen molar-refractivity contribution in [3.05, 3.63) is 0 Å². The summed E-state index contributed by atoms with van der Waals surface area (Å²) in [5.74, 6) is -3.36. The van der Waals surface area contributed by atoms with E-state index >= 15 is 0 Å². The minimum atomic E-state index is -1.84. The Labute approximate surface area is 87.1 Å². The SMILES string of the molecule is CC(C(=O)O)(C(=O)O)C1CCCC(=O)C1. The quantitative estimate of drug-likeness (QED) is 0.681. The topological polar surface area (TPSA) is 91.7 Å². The van der Waals surface area contributed by atoms with Crippen molar-refractivity contribution in [1.82, 2.24) is 0 Å². The molecule has 0 saturated heterocycles. The lowest BCUT2D eigenvalue weighted by molar-refractivity contribution is -0.168. The van der Waals surface area contributed by atoms with Crippen molar-refractivity contribution >= 4 is 17.7 Å². The third-order valence-corrected chi connectivity index (χ3v) is 3.19. The molecule has 1 unspecified atom stereocenters. The largest absolute Gasteiger partial charge is 0.480 e. The number of hydrogen-bond donors (Lipinski definition) is 2. The molecule has 0 aromatic carbocycles. The van der Waals surface area contributed by atoms with Gasteiger partial charge in [-0.05, 0) is 25.7 Å². The van der Waals surface area contributed by atoms with Gasteiger partial charge in [-0.3, -0.25) is 14.4 Å². The highest BCUT2D eigenvalue weighted by molar-refractivity contribution is 5.98. The van der Waals surface area contributed by atoms with Crippen LogP contribution in [0.1, 0.15) is 32.6 Å². The maximum Gasteiger partial charge on any atom is 0.321 e. The normalized spacial score (nSPS) is 22.5. The average Bonchev–Trinajstić information content (AvgIpc) is 2.15. The van der Waals surface area contributed by atoms with Gasteiger partial charge in [0.05, 0.1) is 0 Å². The third-order valence-electron chi connectivity index (χ3n) is 3.19. The molecule has 5 heteroatoms. The van der Waals surface area contributed by atoms with E-state index in [-0.39, 0.29) is 12.2 Å². The predicted octanol–water partition coefficient (Wildman–Crippen LogP) is 0.921. The first-order valence-electron chi connectivity index (χ1n) is 4.87. The van der Waals surface area contributed by atoms with Crippen LogP contribution in [0, 0.1) is 11.3 Å². The summed E-state index contributed by atoms with van der Waals surface area (Å²) in [7, 11) is 0. The molecule has 1 aliphatic rings. The number of ketones is 1. The van der Waals surface area contributed by atoms with Gasteiger partial charge < -0.3 is 10.2 Å². The number of hydrogen-bond acceptors (Lipinski definition) is 3. The van der Waals surface area contributed by atoms with Gasteiger partial charge in [-0.25, -0.2) is 0 Å². The van der Waals surface area contributed by atoms with E-state index in [0.717, 1.165) is 0 Å². The predicted molar refractivity (Wildman–Crippen MR) is 50.3 cm³/mol. The maximum absolute atomic E-state index is 11.2. The summed E-state index contributed by atoms with van der Waals surface area (Å²) in [4.78, 5) is 33.1. The van der Waals surface area contributed by atoms with Crippen LogP contribution in [0.15, 0.2) is 0 Å². The standard InChI is InChI=1S/C10H14O5/c1-10(8(12)13,9(14)15)6-3-2-4-7(11)5-6/h6H,2-5H2,1H3,(H,12,13)(H,14,15). The number of aliphatic carboxylic acids is 2. The van der Waals surface area contributed by atoms with Gasteiger partial charge in [0, 0.05) is 12.8 Å². The van der Waals surface area contributed by atoms with Crippen molar-refractivity contribution in [2.45, 2.75) is 32.6 Å². The fourth-order valence-electron chi connectivity index (χ4n) is 1.96. The summed E-state index contributed by atoms with van der Waals surface area (Å²) < 4.78 is 0. The van der Waals surface area contributed by atoms with Gasteiger partial charge in [-0.15, -0.1) is 0 Å². The number of Topliss-reactive ketones (excluding diaryl/α,β-unsaturated/α-hetero) is 1. The van der Waals surface area contributed by atoms with Crippen LogP contribution in [0.3, 0.4) is 0 Å². The molecule has 0 heterocycles. The molecule has 5 nitrogen and oxygen atoms in total. The molecule has 0 bridgehead atoms. The van der Waals surface area contributed by atoms with Gasteiger partial charge in [-0.2, -0.15) is 0 Å². The summed E-state index contributed by atoms with van der Waals surface area (Å²) in [6.07, 6.45) is 1.57. The van der Waals surface area contributed by atoms with Crippen LogP contribution < -0.4 is 0 Å². The molecular formula is C10H14O5. The summed E-state index contributed by atoms with van der Waals surface area (Å²) in [6.45, 7) is 1.18. The molecule has 84 valence electrons. The zero-order valence-electron chi connectivity index (χ0n) is 8.52.